The Morgan fingerprint density at radius 3 is 2.62 bits per heavy atom. The monoisotopic (exact) mass is 284 g/mol. The van der Waals surface area contributed by atoms with Gasteiger partial charge in [0.2, 0.25) is 0 Å². The average Bonchev–Trinajstić information content (AvgIpc) is 2.39. The number of rotatable bonds is 6. The summed E-state index contributed by atoms with van der Waals surface area (Å²) in [5.74, 6) is 0.809. The number of aryl methyl sites for hydroxylation is 1. The van der Waals surface area contributed by atoms with Crippen LogP contribution in [0, 0.1) is 6.92 Å². The first kappa shape index (κ1) is 15.2. The SMILES string of the molecule is Cc1ccccc1CCNc1cc(N)cc(OC(C)C)c1. The molecule has 3 nitrogen and oxygen atoms in total. The molecule has 3 heteroatoms. The van der Waals surface area contributed by atoms with Crippen molar-refractivity contribution in [3.63, 3.8) is 0 Å². The molecule has 2 aromatic carbocycles. The first-order chi connectivity index (χ1) is 10.0. The van der Waals surface area contributed by atoms with Crippen LogP contribution in [0.3, 0.4) is 0 Å². The topological polar surface area (TPSA) is 47.3 Å². The molecule has 112 valence electrons. The maximum atomic E-state index is 5.92. The average molecular weight is 284 g/mol. The van der Waals surface area contributed by atoms with Crippen LogP contribution in [0.15, 0.2) is 42.5 Å². The van der Waals surface area contributed by atoms with Gasteiger partial charge in [-0.05, 0) is 44.4 Å². The highest BCUT2D eigenvalue weighted by Gasteiger charge is 2.03. The lowest BCUT2D eigenvalue weighted by molar-refractivity contribution is 0.242. The second-order valence-corrected chi connectivity index (χ2v) is 5.56. The number of benzene rings is 2. The fraction of sp³-hybridized carbons (Fsp3) is 0.333. The third-order valence-electron chi connectivity index (χ3n) is 3.29. The van der Waals surface area contributed by atoms with E-state index in [2.05, 4.69) is 36.5 Å². The molecule has 0 radical (unpaired) electrons. The molecule has 0 unspecified atom stereocenters. The molecular formula is C18H24N2O. The van der Waals surface area contributed by atoms with Gasteiger partial charge < -0.3 is 15.8 Å². The summed E-state index contributed by atoms with van der Waals surface area (Å²) < 4.78 is 5.70. The van der Waals surface area contributed by atoms with Crippen LogP contribution in [0.2, 0.25) is 0 Å². The van der Waals surface area contributed by atoms with Crippen molar-refractivity contribution in [2.45, 2.75) is 33.3 Å². The zero-order valence-electron chi connectivity index (χ0n) is 13.0. The van der Waals surface area contributed by atoms with E-state index in [0.717, 1.165) is 24.4 Å². The molecule has 0 heterocycles. The highest BCUT2D eigenvalue weighted by atomic mass is 16.5. The predicted molar refractivity (Wildman–Crippen MR) is 90.0 cm³/mol. The van der Waals surface area contributed by atoms with Gasteiger partial charge >= 0.3 is 0 Å². The Morgan fingerprint density at radius 1 is 1.14 bits per heavy atom. The number of nitrogen functional groups attached to an aromatic ring is 1. The van der Waals surface area contributed by atoms with Crippen LogP contribution in [0.25, 0.3) is 0 Å². The molecule has 0 aliphatic carbocycles. The molecule has 0 aliphatic heterocycles. The van der Waals surface area contributed by atoms with E-state index in [1.165, 1.54) is 11.1 Å². The van der Waals surface area contributed by atoms with Crippen LogP contribution in [0.4, 0.5) is 11.4 Å². The highest BCUT2D eigenvalue weighted by Crippen LogP contribution is 2.23. The molecule has 0 amide bonds. The zero-order chi connectivity index (χ0) is 15.2. The lowest BCUT2D eigenvalue weighted by Crippen LogP contribution is -2.08. The second-order valence-electron chi connectivity index (χ2n) is 5.56. The van der Waals surface area contributed by atoms with Gasteiger partial charge in [-0.3, -0.25) is 0 Å². The molecule has 3 N–H and O–H groups in total. The van der Waals surface area contributed by atoms with Crippen LogP contribution in [-0.2, 0) is 6.42 Å². The van der Waals surface area contributed by atoms with Crippen molar-refractivity contribution in [2.75, 3.05) is 17.6 Å². The van der Waals surface area contributed by atoms with Gasteiger partial charge in [0.25, 0.3) is 0 Å². The van der Waals surface area contributed by atoms with E-state index < -0.39 is 0 Å². The first-order valence-electron chi connectivity index (χ1n) is 7.40. The summed E-state index contributed by atoms with van der Waals surface area (Å²) in [6, 6.07) is 14.2. The van der Waals surface area contributed by atoms with Crippen molar-refractivity contribution in [1.29, 1.82) is 0 Å². The van der Waals surface area contributed by atoms with Gasteiger partial charge in [0.1, 0.15) is 5.75 Å². The van der Waals surface area contributed by atoms with Gasteiger partial charge in [-0.25, -0.2) is 0 Å². The number of nitrogens with one attached hydrogen (secondary N) is 1. The minimum absolute atomic E-state index is 0.145. The Labute approximate surface area is 127 Å². The molecule has 2 aromatic rings. The van der Waals surface area contributed by atoms with Crippen LogP contribution >= 0.6 is 0 Å². The number of ether oxygens (including phenoxy) is 1. The molecule has 0 fully saturated rings. The molecule has 21 heavy (non-hydrogen) atoms. The van der Waals surface area contributed by atoms with Crippen molar-refractivity contribution >= 4 is 11.4 Å². The van der Waals surface area contributed by atoms with Crippen LogP contribution in [0.5, 0.6) is 5.75 Å². The standard InChI is InChI=1S/C18H24N2O/c1-13(2)21-18-11-16(19)10-17(12-18)20-9-8-15-7-5-4-6-14(15)3/h4-7,10-13,20H,8-9,19H2,1-3H3. The largest absolute Gasteiger partial charge is 0.491 e. The van der Waals surface area contributed by atoms with E-state index in [1.54, 1.807) is 0 Å². The number of hydrogen-bond donors (Lipinski definition) is 2. The summed E-state index contributed by atoms with van der Waals surface area (Å²) in [6.45, 7) is 7.03. The molecular weight excluding hydrogens is 260 g/mol. The van der Waals surface area contributed by atoms with Gasteiger partial charge in [0.05, 0.1) is 6.10 Å². The molecule has 0 saturated carbocycles. The van der Waals surface area contributed by atoms with E-state index in [0.29, 0.717) is 5.69 Å². The third kappa shape index (κ3) is 4.71. The summed E-state index contributed by atoms with van der Waals surface area (Å²) in [7, 11) is 0. The molecule has 0 atom stereocenters. The molecule has 0 bridgehead atoms. The smallest absolute Gasteiger partial charge is 0.123 e. The van der Waals surface area contributed by atoms with E-state index in [4.69, 9.17) is 10.5 Å². The predicted octanol–water partition coefficient (Wildman–Crippen LogP) is 4.02. The van der Waals surface area contributed by atoms with Crippen LogP contribution in [0.1, 0.15) is 25.0 Å². The molecule has 0 aromatic heterocycles. The van der Waals surface area contributed by atoms with Crippen LogP contribution < -0.4 is 15.8 Å². The first-order valence-corrected chi connectivity index (χ1v) is 7.40. The van der Waals surface area contributed by atoms with Crippen molar-refractivity contribution in [3.8, 4) is 5.75 Å². The van der Waals surface area contributed by atoms with Gasteiger partial charge in [-0.15, -0.1) is 0 Å². The summed E-state index contributed by atoms with van der Waals surface area (Å²) in [5, 5.41) is 3.41. The third-order valence-corrected chi connectivity index (χ3v) is 3.29. The molecule has 2 rings (SSSR count). The van der Waals surface area contributed by atoms with Crippen molar-refractivity contribution in [2.24, 2.45) is 0 Å². The van der Waals surface area contributed by atoms with Gasteiger partial charge in [-0.2, -0.15) is 0 Å². The maximum Gasteiger partial charge on any atom is 0.123 e. The van der Waals surface area contributed by atoms with E-state index in [9.17, 15) is 0 Å². The number of anilines is 2. The van der Waals surface area contributed by atoms with Crippen molar-refractivity contribution in [1.82, 2.24) is 0 Å². The van der Waals surface area contributed by atoms with E-state index in [-0.39, 0.29) is 6.10 Å². The van der Waals surface area contributed by atoms with E-state index >= 15 is 0 Å². The Kier molecular flexibility index (Phi) is 5.09. The molecule has 0 aliphatic rings. The highest BCUT2D eigenvalue weighted by molar-refractivity contribution is 5.59. The van der Waals surface area contributed by atoms with Crippen molar-refractivity contribution < 1.29 is 4.74 Å². The summed E-state index contributed by atoms with van der Waals surface area (Å²) >= 11 is 0. The Morgan fingerprint density at radius 2 is 1.90 bits per heavy atom. The summed E-state index contributed by atoms with van der Waals surface area (Å²) in [4.78, 5) is 0. The second kappa shape index (κ2) is 7.02. The Balaban J connectivity index is 1.97. The van der Waals surface area contributed by atoms with E-state index in [1.807, 2.05) is 32.0 Å². The minimum atomic E-state index is 0.145. The molecule has 0 saturated heterocycles. The fourth-order valence-corrected chi connectivity index (χ4v) is 2.30. The summed E-state index contributed by atoms with van der Waals surface area (Å²) in [6.07, 6.45) is 1.13. The Bertz CT molecular complexity index is 594. The lowest BCUT2D eigenvalue weighted by Gasteiger charge is -2.13. The van der Waals surface area contributed by atoms with Gasteiger partial charge in [0.15, 0.2) is 0 Å². The Hall–Kier alpha value is -2.16. The van der Waals surface area contributed by atoms with Crippen molar-refractivity contribution in [3.05, 3.63) is 53.6 Å². The summed E-state index contributed by atoms with van der Waals surface area (Å²) in [5.41, 5.74) is 10.3. The maximum absolute atomic E-state index is 5.92. The quantitative estimate of drug-likeness (QED) is 0.788. The number of hydrogen-bond acceptors (Lipinski definition) is 3. The lowest BCUT2D eigenvalue weighted by atomic mass is 10.1. The normalized spacial score (nSPS) is 10.7. The van der Waals surface area contributed by atoms with Crippen LogP contribution in [-0.4, -0.2) is 12.6 Å². The van der Waals surface area contributed by atoms with Gasteiger partial charge in [-0.1, -0.05) is 24.3 Å². The molecule has 0 spiro atoms. The number of nitrogens with two attached hydrogens (primary N) is 1. The van der Waals surface area contributed by atoms with Gasteiger partial charge in [0, 0.05) is 30.1 Å². The zero-order valence-corrected chi connectivity index (χ0v) is 13.0. The minimum Gasteiger partial charge on any atom is -0.491 e. The fourth-order valence-electron chi connectivity index (χ4n) is 2.30.